The SMILES string of the molecule is COc1ccc(C2NC(=O)Oc3ccc4ccccc4c32)cc1OC. The molecule has 0 saturated carbocycles. The molecule has 1 aliphatic rings. The van der Waals surface area contributed by atoms with Crippen LogP contribution in [0.1, 0.15) is 17.2 Å². The van der Waals surface area contributed by atoms with E-state index in [2.05, 4.69) is 5.32 Å². The summed E-state index contributed by atoms with van der Waals surface area (Å²) < 4.78 is 16.1. The summed E-state index contributed by atoms with van der Waals surface area (Å²) in [7, 11) is 3.18. The van der Waals surface area contributed by atoms with Crippen LogP contribution >= 0.6 is 0 Å². The summed E-state index contributed by atoms with van der Waals surface area (Å²) in [4.78, 5) is 12.0. The van der Waals surface area contributed by atoms with Gasteiger partial charge in [-0.25, -0.2) is 4.79 Å². The van der Waals surface area contributed by atoms with E-state index in [0.717, 1.165) is 21.9 Å². The number of rotatable bonds is 3. The molecule has 1 aliphatic heterocycles. The number of amides is 1. The van der Waals surface area contributed by atoms with Crippen LogP contribution < -0.4 is 19.5 Å². The standard InChI is InChI=1S/C20H17NO4/c1-23-15-9-8-13(11-17(15)24-2)19-18-14-6-4-3-5-12(14)7-10-16(18)25-20(22)21-19/h3-11,19H,1-2H3,(H,21,22). The highest BCUT2D eigenvalue weighted by Crippen LogP contribution is 2.40. The lowest BCUT2D eigenvalue weighted by molar-refractivity contribution is 0.191. The van der Waals surface area contributed by atoms with Gasteiger partial charge in [-0.3, -0.25) is 0 Å². The van der Waals surface area contributed by atoms with Gasteiger partial charge in [-0.15, -0.1) is 0 Å². The molecule has 0 radical (unpaired) electrons. The predicted octanol–water partition coefficient (Wildman–Crippen LogP) is 4.05. The first kappa shape index (κ1) is 15.3. The van der Waals surface area contributed by atoms with E-state index in [-0.39, 0.29) is 6.04 Å². The van der Waals surface area contributed by atoms with Gasteiger partial charge in [-0.2, -0.15) is 0 Å². The molecule has 1 N–H and O–H groups in total. The normalized spacial score (nSPS) is 15.9. The summed E-state index contributed by atoms with van der Waals surface area (Å²) in [6.45, 7) is 0. The average Bonchev–Trinajstić information content (AvgIpc) is 2.66. The molecule has 1 unspecified atom stereocenters. The monoisotopic (exact) mass is 335 g/mol. The van der Waals surface area contributed by atoms with Crippen molar-refractivity contribution in [1.82, 2.24) is 5.32 Å². The Kier molecular flexibility index (Phi) is 3.69. The molecular weight excluding hydrogens is 318 g/mol. The van der Waals surface area contributed by atoms with E-state index in [1.807, 2.05) is 54.6 Å². The lowest BCUT2D eigenvalue weighted by Crippen LogP contribution is -2.36. The fraction of sp³-hybridized carbons (Fsp3) is 0.150. The van der Waals surface area contributed by atoms with E-state index in [9.17, 15) is 4.79 Å². The van der Waals surface area contributed by atoms with E-state index < -0.39 is 6.09 Å². The Balaban J connectivity index is 1.92. The number of fused-ring (bicyclic) bond motifs is 3. The molecular formula is C20H17NO4. The Hall–Kier alpha value is -3.21. The highest BCUT2D eigenvalue weighted by atomic mass is 16.6. The van der Waals surface area contributed by atoms with Gasteiger partial charge in [0, 0.05) is 5.56 Å². The maximum absolute atomic E-state index is 12.0. The Morgan fingerprint density at radius 1 is 0.960 bits per heavy atom. The van der Waals surface area contributed by atoms with Crippen molar-refractivity contribution in [2.45, 2.75) is 6.04 Å². The molecule has 0 spiro atoms. The molecule has 0 fully saturated rings. The molecule has 25 heavy (non-hydrogen) atoms. The van der Waals surface area contributed by atoms with E-state index in [1.165, 1.54) is 0 Å². The van der Waals surface area contributed by atoms with E-state index in [1.54, 1.807) is 14.2 Å². The zero-order valence-corrected chi connectivity index (χ0v) is 13.9. The molecule has 1 amide bonds. The fourth-order valence-corrected chi connectivity index (χ4v) is 3.26. The van der Waals surface area contributed by atoms with Crippen molar-refractivity contribution in [3.05, 3.63) is 65.7 Å². The van der Waals surface area contributed by atoms with Crippen LogP contribution in [0.15, 0.2) is 54.6 Å². The Morgan fingerprint density at radius 3 is 2.56 bits per heavy atom. The molecule has 0 saturated heterocycles. The third-order valence-corrected chi connectivity index (χ3v) is 4.43. The third-order valence-electron chi connectivity index (χ3n) is 4.43. The van der Waals surface area contributed by atoms with Gasteiger partial charge < -0.3 is 19.5 Å². The van der Waals surface area contributed by atoms with E-state index in [0.29, 0.717) is 17.2 Å². The number of ether oxygens (including phenoxy) is 3. The fourth-order valence-electron chi connectivity index (χ4n) is 3.26. The van der Waals surface area contributed by atoms with Gasteiger partial charge >= 0.3 is 6.09 Å². The molecule has 0 bridgehead atoms. The van der Waals surface area contributed by atoms with Crippen molar-refractivity contribution in [3.63, 3.8) is 0 Å². The second kappa shape index (κ2) is 6.02. The molecule has 5 nitrogen and oxygen atoms in total. The van der Waals surface area contributed by atoms with Crippen LogP contribution in [-0.2, 0) is 0 Å². The zero-order chi connectivity index (χ0) is 17.4. The highest BCUT2D eigenvalue weighted by Gasteiger charge is 2.29. The van der Waals surface area contributed by atoms with Crippen LogP contribution in [0.4, 0.5) is 4.79 Å². The smallest absolute Gasteiger partial charge is 0.413 e. The molecule has 3 aromatic carbocycles. The minimum Gasteiger partial charge on any atom is -0.493 e. The van der Waals surface area contributed by atoms with Gasteiger partial charge in [0.15, 0.2) is 11.5 Å². The second-order valence-corrected chi connectivity index (χ2v) is 5.78. The summed E-state index contributed by atoms with van der Waals surface area (Å²) in [5, 5.41) is 5.04. The average molecular weight is 335 g/mol. The van der Waals surface area contributed by atoms with Crippen molar-refractivity contribution in [2.24, 2.45) is 0 Å². The summed E-state index contributed by atoms with van der Waals surface area (Å²) in [6.07, 6.45) is -0.470. The van der Waals surface area contributed by atoms with Crippen LogP contribution in [0, 0.1) is 0 Å². The lowest BCUT2D eigenvalue weighted by Gasteiger charge is -2.28. The number of nitrogens with one attached hydrogen (secondary N) is 1. The van der Waals surface area contributed by atoms with E-state index in [4.69, 9.17) is 14.2 Å². The number of carbonyl (C=O) groups excluding carboxylic acids is 1. The molecule has 1 atom stereocenters. The van der Waals surface area contributed by atoms with E-state index >= 15 is 0 Å². The summed E-state index contributed by atoms with van der Waals surface area (Å²) in [5.41, 5.74) is 1.83. The van der Waals surface area contributed by atoms with Crippen LogP contribution in [-0.4, -0.2) is 20.3 Å². The number of hydrogen-bond acceptors (Lipinski definition) is 4. The van der Waals surface area contributed by atoms with Crippen LogP contribution in [0.5, 0.6) is 17.2 Å². The summed E-state index contributed by atoms with van der Waals surface area (Å²) >= 11 is 0. The van der Waals surface area contributed by atoms with Crippen molar-refractivity contribution >= 4 is 16.9 Å². The van der Waals surface area contributed by atoms with Gasteiger partial charge in [0.05, 0.1) is 20.3 Å². The molecule has 126 valence electrons. The van der Waals surface area contributed by atoms with Crippen LogP contribution in [0.2, 0.25) is 0 Å². The first-order valence-corrected chi connectivity index (χ1v) is 7.93. The first-order valence-electron chi connectivity index (χ1n) is 7.93. The minimum atomic E-state index is -0.470. The molecule has 0 aromatic heterocycles. The predicted molar refractivity (Wildman–Crippen MR) is 94.5 cm³/mol. The molecule has 1 heterocycles. The Labute approximate surface area is 145 Å². The molecule has 0 aliphatic carbocycles. The molecule has 3 aromatic rings. The van der Waals surface area contributed by atoms with Gasteiger partial charge in [-0.1, -0.05) is 36.4 Å². The van der Waals surface area contributed by atoms with Gasteiger partial charge in [0.25, 0.3) is 0 Å². The van der Waals surface area contributed by atoms with Gasteiger partial charge in [0.1, 0.15) is 5.75 Å². The number of methoxy groups -OCH3 is 2. The third kappa shape index (κ3) is 2.54. The first-order chi connectivity index (χ1) is 12.2. The quantitative estimate of drug-likeness (QED) is 0.784. The molecule has 4 rings (SSSR count). The maximum atomic E-state index is 12.0. The van der Waals surface area contributed by atoms with Crippen LogP contribution in [0.25, 0.3) is 10.8 Å². The van der Waals surface area contributed by atoms with Crippen molar-refractivity contribution < 1.29 is 19.0 Å². The summed E-state index contributed by atoms with van der Waals surface area (Å²) in [6, 6.07) is 17.1. The number of hydrogen-bond donors (Lipinski definition) is 1. The van der Waals surface area contributed by atoms with Gasteiger partial charge in [0.2, 0.25) is 0 Å². The second-order valence-electron chi connectivity index (χ2n) is 5.78. The lowest BCUT2D eigenvalue weighted by atomic mass is 9.92. The number of carbonyl (C=O) groups is 1. The minimum absolute atomic E-state index is 0.331. The topological polar surface area (TPSA) is 56.8 Å². The zero-order valence-electron chi connectivity index (χ0n) is 13.9. The largest absolute Gasteiger partial charge is 0.493 e. The van der Waals surface area contributed by atoms with Gasteiger partial charge in [-0.05, 0) is 34.5 Å². The maximum Gasteiger partial charge on any atom is 0.413 e. The van der Waals surface area contributed by atoms with Crippen molar-refractivity contribution in [3.8, 4) is 17.2 Å². The Morgan fingerprint density at radius 2 is 1.76 bits per heavy atom. The van der Waals surface area contributed by atoms with Crippen molar-refractivity contribution in [2.75, 3.05) is 14.2 Å². The highest BCUT2D eigenvalue weighted by molar-refractivity contribution is 5.91. The summed E-state index contributed by atoms with van der Waals surface area (Å²) in [5.74, 6) is 1.83. The molecule has 5 heteroatoms. The van der Waals surface area contributed by atoms with Crippen LogP contribution in [0.3, 0.4) is 0 Å². The Bertz CT molecular complexity index is 967. The van der Waals surface area contributed by atoms with Crippen molar-refractivity contribution in [1.29, 1.82) is 0 Å². The number of benzene rings is 3.